The van der Waals surface area contributed by atoms with Gasteiger partial charge < -0.3 is 11.5 Å². The SMILES string of the molecule is CN1CC(N)C(N)N1C. The Balaban J connectivity index is 2.54. The van der Waals surface area contributed by atoms with Crippen molar-refractivity contribution in [1.29, 1.82) is 0 Å². The Kier molecular flexibility index (Phi) is 1.72. The molecule has 1 fully saturated rings. The van der Waals surface area contributed by atoms with E-state index in [0.29, 0.717) is 0 Å². The lowest BCUT2D eigenvalue weighted by Crippen LogP contribution is -2.46. The Labute approximate surface area is 55.4 Å². The molecule has 0 radical (unpaired) electrons. The van der Waals surface area contributed by atoms with Crippen molar-refractivity contribution < 1.29 is 0 Å². The molecule has 1 saturated heterocycles. The summed E-state index contributed by atoms with van der Waals surface area (Å²) in [6, 6.07) is 0.0972. The average Bonchev–Trinajstić information content (AvgIpc) is 1.98. The van der Waals surface area contributed by atoms with E-state index < -0.39 is 0 Å². The fourth-order valence-corrected chi connectivity index (χ4v) is 1.05. The number of hydrogen-bond acceptors (Lipinski definition) is 4. The molecule has 0 saturated carbocycles. The summed E-state index contributed by atoms with van der Waals surface area (Å²) in [6.07, 6.45) is -0.00463. The first-order chi connectivity index (χ1) is 4.13. The smallest absolute Gasteiger partial charge is 0.0873 e. The molecular formula is C5H14N4. The van der Waals surface area contributed by atoms with Gasteiger partial charge in [0.25, 0.3) is 0 Å². The minimum absolute atomic E-state index is 0.00463. The van der Waals surface area contributed by atoms with Gasteiger partial charge in [-0.3, -0.25) is 0 Å². The topological polar surface area (TPSA) is 58.5 Å². The van der Waals surface area contributed by atoms with Crippen LogP contribution in [0.5, 0.6) is 0 Å². The minimum Gasteiger partial charge on any atom is -0.324 e. The Morgan fingerprint density at radius 2 is 1.89 bits per heavy atom. The minimum atomic E-state index is -0.00463. The molecule has 0 aliphatic carbocycles. The second-order valence-electron chi connectivity index (χ2n) is 2.57. The summed E-state index contributed by atoms with van der Waals surface area (Å²) in [4.78, 5) is 0. The van der Waals surface area contributed by atoms with Gasteiger partial charge in [0, 0.05) is 26.7 Å². The number of nitrogens with zero attached hydrogens (tertiary/aromatic N) is 2. The molecule has 1 heterocycles. The highest BCUT2D eigenvalue weighted by Crippen LogP contribution is 2.07. The number of hydrazine groups is 1. The first-order valence-corrected chi connectivity index (χ1v) is 3.08. The van der Waals surface area contributed by atoms with Crippen molar-refractivity contribution in [3.8, 4) is 0 Å². The van der Waals surface area contributed by atoms with Crippen LogP contribution in [0.3, 0.4) is 0 Å². The molecule has 1 rings (SSSR count). The van der Waals surface area contributed by atoms with Crippen LogP contribution < -0.4 is 11.5 Å². The fourth-order valence-electron chi connectivity index (χ4n) is 1.05. The van der Waals surface area contributed by atoms with Crippen LogP contribution in [0.15, 0.2) is 0 Å². The van der Waals surface area contributed by atoms with Crippen molar-refractivity contribution in [2.75, 3.05) is 20.6 Å². The standard InChI is InChI=1S/C5H14N4/c1-8-3-4(6)5(7)9(8)2/h4-5H,3,6-7H2,1-2H3. The summed E-state index contributed by atoms with van der Waals surface area (Å²) in [6.45, 7) is 0.859. The van der Waals surface area contributed by atoms with E-state index in [1.165, 1.54) is 0 Å². The second kappa shape index (κ2) is 2.22. The van der Waals surface area contributed by atoms with Crippen LogP contribution in [-0.2, 0) is 0 Å². The summed E-state index contributed by atoms with van der Waals surface area (Å²) in [5, 5.41) is 3.97. The van der Waals surface area contributed by atoms with Gasteiger partial charge in [0.05, 0.1) is 6.17 Å². The molecule has 0 aromatic heterocycles. The highest BCUT2D eigenvalue weighted by Gasteiger charge is 2.29. The number of nitrogens with two attached hydrogens (primary N) is 2. The Bertz CT molecular complexity index is 93.1. The number of hydrogen-bond donors (Lipinski definition) is 2. The maximum atomic E-state index is 5.67. The van der Waals surface area contributed by atoms with E-state index in [0.717, 1.165) is 6.54 Å². The first kappa shape index (κ1) is 6.95. The highest BCUT2D eigenvalue weighted by molar-refractivity contribution is 4.82. The summed E-state index contributed by atoms with van der Waals surface area (Å²) in [5.74, 6) is 0. The first-order valence-electron chi connectivity index (χ1n) is 3.08. The molecule has 2 unspecified atom stereocenters. The quantitative estimate of drug-likeness (QED) is 0.414. The van der Waals surface area contributed by atoms with E-state index >= 15 is 0 Å². The Morgan fingerprint density at radius 3 is 2.00 bits per heavy atom. The van der Waals surface area contributed by atoms with Gasteiger partial charge in [0.15, 0.2) is 0 Å². The van der Waals surface area contributed by atoms with Gasteiger partial charge in [-0.25, -0.2) is 10.0 Å². The molecular weight excluding hydrogens is 116 g/mol. The molecule has 1 aliphatic rings. The molecule has 0 spiro atoms. The molecule has 0 aromatic carbocycles. The Morgan fingerprint density at radius 1 is 1.33 bits per heavy atom. The van der Waals surface area contributed by atoms with Gasteiger partial charge in [0.1, 0.15) is 0 Å². The molecule has 1 aliphatic heterocycles. The van der Waals surface area contributed by atoms with E-state index in [1.54, 1.807) is 0 Å². The summed E-state index contributed by atoms with van der Waals surface area (Å²) < 4.78 is 0. The van der Waals surface area contributed by atoms with Crippen molar-refractivity contribution >= 4 is 0 Å². The van der Waals surface area contributed by atoms with Crippen LogP contribution in [0.4, 0.5) is 0 Å². The predicted octanol–water partition coefficient (Wildman–Crippen LogP) is -1.61. The van der Waals surface area contributed by atoms with Crippen LogP contribution in [-0.4, -0.2) is 42.9 Å². The molecule has 4 nitrogen and oxygen atoms in total. The third kappa shape index (κ3) is 1.07. The van der Waals surface area contributed by atoms with Crippen LogP contribution in [0.25, 0.3) is 0 Å². The molecule has 4 heteroatoms. The van der Waals surface area contributed by atoms with Crippen molar-refractivity contribution in [3.63, 3.8) is 0 Å². The van der Waals surface area contributed by atoms with Crippen LogP contribution in [0.1, 0.15) is 0 Å². The van der Waals surface area contributed by atoms with E-state index in [4.69, 9.17) is 11.5 Å². The summed E-state index contributed by atoms with van der Waals surface area (Å²) >= 11 is 0. The summed E-state index contributed by atoms with van der Waals surface area (Å²) in [7, 11) is 3.92. The predicted molar refractivity (Wildman–Crippen MR) is 36.3 cm³/mol. The van der Waals surface area contributed by atoms with Crippen molar-refractivity contribution in [2.24, 2.45) is 11.5 Å². The van der Waals surface area contributed by atoms with Crippen molar-refractivity contribution in [3.05, 3.63) is 0 Å². The third-order valence-electron chi connectivity index (χ3n) is 1.88. The van der Waals surface area contributed by atoms with Gasteiger partial charge in [-0.2, -0.15) is 0 Å². The van der Waals surface area contributed by atoms with E-state index in [1.807, 2.05) is 24.1 Å². The second-order valence-corrected chi connectivity index (χ2v) is 2.57. The number of rotatable bonds is 0. The maximum Gasteiger partial charge on any atom is 0.0873 e. The molecule has 4 N–H and O–H groups in total. The zero-order chi connectivity index (χ0) is 7.02. The van der Waals surface area contributed by atoms with E-state index in [9.17, 15) is 0 Å². The van der Waals surface area contributed by atoms with E-state index in [-0.39, 0.29) is 12.2 Å². The van der Waals surface area contributed by atoms with Gasteiger partial charge in [-0.15, -0.1) is 0 Å². The van der Waals surface area contributed by atoms with E-state index in [2.05, 4.69) is 0 Å². The monoisotopic (exact) mass is 130 g/mol. The van der Waals surface area contributed by atoms with Crippen molar-refractivity contribution in [1.82, 2.24) is 10.0 Å². The lowest BCUT2D eigenvalue weighted by Gasteiger charge is -2.21. The van der Waals surface area contributed by atoms with Gasteiger partial charge in [0.2, 0.25) is 0 Å². The highest BCUT2D eigenvalue weighted by atomic mass is 15.7. The molecule has 0 bridgehead atoms. The van der Waals surface area contributed by atoms with Crippen LogP contribution in [0.2, 0.25) is 0 Å². The normalized spacial score (nSPS) is 40.0. The lowest BCUT2D eigenvalue weighted by molar-refractivity contribution is 0.0550. The molecule has 0 aromatic rings. The Hall–Kier alpha value is -0.160. The fraction of sp³-hybridized carbons (Fsp3) is 1.00. The van der Waals surface area contributed by atoms with Crippen LogP contribution >= 0.6 is 0 Å². The molecule has 0 amide bonds. The molecule has 2 atom stereocenters. The molecule has 9 heavy (non-hydrogen) atoms. The van der Waals surface area contributed by atoms with Gasteiger partial charge in [-0.1, -0.05) is 0 Å². The zero-order valence-electron chi connectivity index (χ0n) is 5.91. The zero-order valence-corrected chi connectivity index (χ0v) is 5.91. The largest absolute Gasteiger partial charge is 0.324 e. The van der Waals surface area contributed by atoms with Crippen LogP contribution in [0, 0.1) is 0 Å². The number of likely N-dealkylation sites (N-methyl/N-ethyl adjacent to an activating group) is 2. The van der Waals surface area contributed by atoms with Gasteiger partial charge >= 0.3 is 0 Å². The third-order valence-corrected chi connectivity index (χ3v) is 1.88. The average molecular weight is 130 g/mol. The summed E-state index contributed by atoms with van der Waals surface area (Å²) in [5.41, 5.74) is 11.3. The molecule has 54 valence electrons. The van der Waals surface area contributed by atoms with Crippen molar-refractivity contribution in [2.45, 2.75) is 12.2 Å². The van der Waals surface area contributed by atoms with Gasteiger partial charge in [-0.05, 0) is 0 Å². The lowest BCUT2D eigenvalue weighted by atomic mass is 10.3. The maximum absolute atomic E-state index is 5.67.